The second-order valence-corrected chi connectivity index (χ2v) is 9.52. The normalized spacial score (nSPS) is 10.7. The van der Waals surface area contributed by atoms with Crippen molar-refractivity contribution in [1.82, 2.24) is 19.3 Å². The summed E-state index contributed by atoms with van der Waals surface area (Å²) < 4.78 is 7.53. The van der Waals surface area contributed by atoms with Crippen molar-refractivity contribution in [1.29, 1.82) is 0 Å². The fourth-order valence-corrected chi connectivity index (χ4v) is 4.29. The molecule has 0 aliphatic carbocycles. The zero-order valence-electron chi connectivity index (χ0n) is 22.6. The van der Waals surface area contributed by atoms with E-state index in [1.807, 2.05) is 65.7 Å². The smallest absolute Gasteiger partial charge is 0.319 e. The molecule has 7 nitrogen and oxygen atoms in total. The van der Waals surface area contributed by atoms with Gasteiger partial charge in [-0.3, -0.25) is 4.79 Å². The monoisotopic (exact) mass is 504 g/mol. The SMILES string of the molecule is CCCCCN(CC(=O)N(Cc1ccccc1)Cc1cccn1Cc1cccc(OC)c1)C(=O)N(C)C. The Morgan fingerprint density at radius 2 is 1.62 bits per heavy atom. The molecule has 0 saturated carbocycles. The van der Waals surface area contributed by atoms with Crippen molar-refractivity contribution in [3.63, 3.8) is 0 Å². The zero-order chi connectivity index (χ0) is 26.6. The molecule has 37 heavy (non-hydrogen) atoms. The minimum Gasteiger partial charge on any atom is -0.497 e. The number of aromatic nitrogens is 1. The Bertz CT molecular complexity index is 1130. The van der Waals surface area contributed by atoms with Gasteiger partial charge in [0, 0.05) is 45.6 Å². The van der Waals surface area contributed by atoms with Gasteiger partial charge in [0.05, 0.1) is 13.7 Å². The second kappa shape index (κ2) is 14.1. The molecule has 7 heteroatoms. The quantitative estimate of drug-likeness (QED) is 0.299. The Kier molecular flexibility index (Phi) is 10.6. The van der Waals surface area contributed by atoms with E-state index >= 15 is 0 Å². The number of hydrogen-bond donors (Lipinski definition) is 0. The van der Waals surface area contributed by atoms with E-state index in [2.05, 4.69) is 23.6 Å². The van der Waals surface area contributed by atoms with Gasteiger partial charge in [0.15, 0.2) is 0 Å². The number of nitrogens with zero attached hydrogens (tertiary/aromatic N) is 4. The number of carbonyl (C=O) groups excluding carboxylic acids is 2. The molecule has 0 radical (unpaired) electrons. The highest BCUT2D eigenvalue weighted by molar-refractivity contribution is 5.84. The lowest BCUT2D eigenvalue weighted by molar-refractivity contribution is -0.133. The predicted octanol–water partition coefficient (Wildman–Crippen LogP) is 5.25. The van der Waals surface area contributed by atoms with Gasteiger partial charge in [-0.15, -0.1) is 0 Å². The Balaban J connectivity index is 1.81. The van der Waals surface area contributed by atoms with Crippen LogP contribution in [0.4, 0.5) is 4.79 Å². The number of hydrogen-bond acceptors (Lipinski definition) is 3. The molecule has 1 aromatic heterocycles. The van der Waals surface area contributed by atoms with Gasteiger partial charge in [0.1, 0.15) is 12.3 Å². The number of benzene rings is 2. The minimum absolute atomic E-state index is 0.0597. The van der Waals surface area contributed by atoms with Crippen LogP contribution >= 0.6 is 0 Å². The van der Waals surface area contributed by atoms with Crippen LogP contribution < -0.4 is 4.74 Å². The van der Waals surface area contributed by atoms with Gasteiger partial charge in [-0.2, -0.15) is 0 Å². The lowest BCUT2D eigenvalue weighted by Crippen LogP contribution is -2.46. The molecule has 0 unspecified atom stereocenters. The number of unbranched alkanes of at least 4 members (excludes halogenated alkanes) is 2. The van der Waals surface area contributed by atoms with E-state index in [0.717, 1.165) is 41.8 Å². The third-order valence-electron chi connectivity index (χ3n) is 6.34. The number of methoxy groups -OCH3 is 1. The van der Waals surface area contributed by atoms with Crippen molar-refractivity contribution < 1.29 is 14.3 Å². The lowest BCUT2D eigenvalue weighted by Gasteiger charge is -2.30. The van der Waals surface area contributed by atoms with E-state index in [1.54, 1.807) is 31.0 Å². The van der Waals surface area contributed by atoms with Gasteiger partial charge in [0.2, 0.25) is 5.91 Å². The van der Waals surface area contributed by atoms with Crippen LogP contribution in [0.25, 0.3) is 0 Å². The number of ether oxygens (including phenoxy) is 1. The van der Waals surface area contributed by atoms with Gasteiger partial charge in [-0.05, 0) is 41.8 Å². The predicted molar refractivity (Wildman–Crippen MR) is 147 cm³/mol. The first kappa shape index (κ1) is 27.8. The molecule has 3 aromatic rings. The van der Waals surface area contributed by atoms with Crippen LogP contribution in [0.2, 0.25) is 0 Å². The minimum atomic E-state index is -0.134. The standard InChI is InChI=1S/C30H40N4O3/c1-5-6-10-18-33(30(36)31(2)3)24-29(35)34(21-25-13-8-7-9-14-25)23-27-16-12-19-32(27)22-26-15-11-17-28(20-26)37-4/h7-9,11-17,19-20H,5-6,10,18,21-24H2,1-4H3. The highest BCUT2D eigenvalue weighted by Crippen LogP contribution is 2.17. The molecule has 0 N–H and O–H groups in total. The van der Waals surface area contributed by atoms with Gasteiger partial charge < -0.3 is 24.0 Å². The first-order chi connectivity index (χ1) is 17.9. The molecule has 3 rings (SSSR count). The highest BCUT2D eigenvalue weighted by Gasteiger charge is 2.23. The third kappa shape index (κ3) is 8.41. The van der Waals surface area contributed by atoms with Crippen molar-refractivity contribution in [3.05, 3.63) is 89.7 Å². The molecular formula is C30H40N4O3. The summed E-state index contributed by atoms with van der Waals surface area (Å²) in [6, 6.07) is 21.9. The van der Waals surface area contributed by atoms with E-state index in [1.165, 1.54) is 0 Å². The van der Waals surface area contributed by atoms with Gasteiger partial charge in [-0.25, -0.2) is 4.79 Å². The first-order valence-electron chi connectivity index (χ1n) is 13.0. The summed E-state index contributed by atoms with van der Waals surface area (Å²) in [5.74, 6) is 0.755. The molecule has 3 amide bonds. The van der Waals surface area contributed by atoms with Crippen molar-refractivity contribution in [3.8, 4) is 5.75 Å². The first-order valence-corrected chi connectivity index (χ1v) is 13.0. The molecule has 0 bridgehead atoms. The Morgan fingerprint density at radius 3 is 2.32 bits per heavy atom. The van der Waals surface area contributed by atoms with E-state index in [4.69, 9.17) is 4.74 Å². The van der Waals surface area contributed by atoms with E-state index in [9.17, 15) is 9.59 Å². The molecule has 0 spiro atoms. The number of amides is 3. The maximum absolute atomic E-state index is 13.7. The van der Waals surface area contributed by atoms with Crippen molar-refractivity contribution >= 4 is 11.9 Å². The number of urea groups is 1. The number of carbonyl (C=O) groups is 2. The van der Waals surface area contributed by atoms with Crippen molar-refractivity contribution in [2.45, 2.75) is 45.8 Å². The Morgan fingerprint density at radius 1 is 0.865 bits per heavy atom. The van der Waals surface area contributed by atoms with Gasteiger partial charge in [0.25, 0.3) is 0 Å². The van der Waals surface area contributed by atoms with Crippen LogP contribution in [0.1, 0.15) is 43.0 Å². The lowest BCUT2D eigenvalue weighted by atomic mass is 10.2. The van der Waals surface area contributed by atoms with Crippen LogP contribution in [0.3, 0.4) is 0 Å². The maximum Gasteiger partial charge on any atom is 0.319 e. The van der Waals surface area contributed by atoms with Crippen molar-refractivity contribution in [2.24, 2.45) is 0 Å². The molecule has 2 aromatic carbocycles. The van der Waals surface area contributed by atoms with E-state index in [-0.39, 0.29) is 18.5 Å². The van der Waals surface area contributed by atoms with Gasteiger partial charge in [-0.1, -0.05) is 62.2 Å². The van der Waals surface area contributed by atoms with Gasteiger partial charge >= 0.3 is 6.03 Å². The molecule has 0 aliphatic heterocycles. The molecule has 1 heterocycles. The Labute approximate surface area is 221 Å². The summed E-state index contributed by atoms with van der Waals surface area (Å²) in [7, 11) is 5.12. The number of rotatable bonds is 13. The highest BCUT2D eigenvalue weighted by atomic mass is 16.5. The maximum atomic E-state index is 13.7. The second-order valence-electron chi connectivity index (χ2n) is 9.52. The Hall–Kier alpha value is -3.74. The van der Waals surface area contributed by atoms with Crippen molar-refractivity contribution in [2.75, 3.05) is 34.3 Å². The van der Waals surface area contributed by atoms with Crippen LogP contribution in [0.5, 0.6) is 5.75 Å². The summed E-state index contributed by atoms with van der Waals surface area (Å²) in [6.07, 6.45) is 5.00. The van der Waals surface area contributed by atoms with Crippen LogP contribution in [0, 0.1) is 0 Å². The largest absolute Gasteiger partial charge is 0.497 e. The van der Waals surface area contributed by atoms with E-state index in [0.29, 0.717) is 26.2 Å². The fourth-order valence-electron chi connectivity index (χ4n) is 4.29. The zero-order valence-corrected chi connectivity index (χ0v) is 22.6. The molecular weight excluding hydrogens is 464 g/mol. The van der Waals surface area contributed by atoms with Crippen LogP contribution in [-0.2, 0) is 24.4 Å². The van der Waals surface area contributed by atoms with Crippen LogP contribution in [0.15, 0.2) is 72.9 Å². The molecule has 0 fully saturated rings. The summed E-state index contributed by atoms with van der Waals surface area (Å²) >= 11 is 0. The molecule has 0 atom stereocenters. The average Bonchev–Trinajstić information content (AvgIpc) is 3.34. The average molecular weight is 505 g/mol. The summed E-state index contributed by atoms with van der Waals surface area (Å²) in [4.78, 5) is 31.6. The van der Waals surface area contributed by atoms with Crippen LogP contribution in [-0.4, -0.2) is 65.5 Å². The fraction of sp³-hybridized carbons (Fsp3) is 0.400. The summed E-state index contributed by atoms with van der Waals surface area (Å²) in [5.41, 5.74) is 3.21. The topological polar surface area (TPSA) is 58.0 Å². The molecule has 198 valence electrons. The molecule has 0 saturated heterocycles. The summed E-state index contributed by atoms with van der Waals surface area (Å²) in [6.45, 7) is 4.36. The van der Waals surface area contributed by atoms with E-state index < -0.39 is 0 Å². The summed E-state index contributed by atoms with van der Waals surface area (Å²) in [5, 5.41) is 0. The third-order valence-corrected chi connectivity index (χ3v) is 6.34. The molecule has 0 aliphatic rings.